The summed E-state index contributed by atoms with van der Waals surface area (Å²) in [6.07, 6.45) is 0.627. The Morgan fingerprint density at radius 2 is 1.93 bits per heavy atom. The van der Waals surface area contributed by atoms with Gasteiger partial charge in [-0.05, 0) is 24.6 Å². The fourth-order valence-corrected chi connectivity index (χ4v) is 4.07. The van der Waals surface area contributed by atoms with Crippen molar-refractivity contribution in [1.82, 2.24) is 19.7 Å². The van der Waals surface area contributed by atoms with Crippen LogP contribution in [-0.4, -0.2) is 38.0 Å². The van der Waals surface area contributed by atoms with Crippen molar-refractivity contribution in [3.8, 4) is 5.75 Å². The van der Waals surface area contributed by atoms with Gasteiger partial charge in [-0.25, -0.2) is 4.98 Å². The minimum atomic E-state index is -0.353. The Morgan fingerprint density at radius 3 is 2.72 bits per heavy atom. The second-order valence-electron chi connectivity index (χ2n) is 6.55. The van der Waals surface area contributed by atoms with Gasteiger partial charge in [-0.2, -0.15) is 0 Å². The molecule has 0 saturated heterocycles. The van der Waals surface area contributed by atoms with Crippen molar-refractivity contribution >= 4 is 45.4 Å². The number of amides is 1. The number of hydrogen-bond donors (Lipinski definition) is 1. The van der Waals surface area contributed by atoms with Gasteiger partial charge in [0.25, 0.3) is 0 Å². The van der Waals surface area contributed by atoms with Gasteiger partial charge in [-0.3, -0.25) is 4.79 Å². The van der Waals surface area contributed by atoms with Gasteiger partial charge < -0.3 is 14.6 Å². The summed E-state index contributed by atoms with van der Waals surface area (Å²) in [5, 5.41) is 12.7. The molecule has 1 amide bonds. The van der Waals surface area contributed by atoms with Crippen molar-refractivity contribution in [2.24, 2.45) is 7.05 Å². The summed E-state index contributed by atoms with van der Waals surface area (Å²) in [6.45, 7) is 1.96. The maximum atomic E-state index is 12.8. The number of thioether (sulfide) groups is 1. The molecule has 1 unspecified atom stereocenters. The quantitative estimate of drug-likeness (QED) is 0.486. The standard InChI is InChI=1S/C21H21N5O2S/c1-4-17(20(27)22-14-10-6-8-12-16(14)28-3)29-21-23-19-18(24-25-21)13-9-5-7-11-15(13)26(19)2/h5-12,17H,4H2,1-3H3,(H,22,27). The van der Waals surface area contributed by atoms with Crippen molar-refractivity contribution in [2.45, 2.75) is 23.8 Å². The number of ether oxygens (including phenoxy) is 1. The molecule has 0 aliphatic rings. The Kier molecular flexibility index (Phi) is 5.35. The van der Waals surface area contributed by atoms with E-state index in [1.54, 1.807) is 7.11 Å². The molecule has 2 aromatic heterocycles. The van der Waals surface area contributed by atoms with Crippen LogP contribution in [0.4, 0.5) is 5.69 Å². The summed E-state index contributed by atoms with van der Waals surface area (Å²) in [6, 6.07) is 15.3. The van der Waals surface area contributed by atoms with Crippen molar-refractivity contribution in [2.75, 3.05) is 12.4 Å². The summed E-state index contributed by atoms with van der Waals surface area (Å²) in [4.78, 5) is 17.5. The zero-order valence-corrected chi connectivity index (χ0v) is 17.2. The molecule has 2 heterocycles. The first-order chi connectivity index (χ1) is 14.1. The van der Waals surface area contributed by atoms with E-state index in [2.05, 4.69) is 20.5 Å². The highest BCUT2D eigenvalue weighted by Crippen LogP contribution is 2.29. The van der Waals surface area contributed by atoms with Crippen molar-refractivity contribution in [3.05, 3.63) is 48.5 Å². The highest BCUT2D eigenvalue weighted by atomic mass is 32.2. The highest BCUT2D eigenvalue weighted by Gasteiger charge is 2.22. The summed E-state index contributed by atoms with van der Waals surface area (Å²) in [5.74, 6) is 0.498. The van der Waals surface area contributed by atoms with Crippen LogP contribution in [0.5, 0.6) is 5.75 Å². The highest BCUT2D eigenvalue weighted by molar-refractivity contribution is 8.00. The number of fused-ring (bicyclic) bond motifs is 3. The van der Waals surface area contributed by atoms with Crippen LogP contribution in [-0.2, 0) is 11.8 Å². The van der Waals surface area contributed by atoms with Crippen LogP contribution < -0.4 is 10.1 Å². The molecule has 2 aromatic carbocycles. The van der Waals surface area contributed by atoms with Crippen LogP contribution in [0, 0.1) is 0 Å². The van der Waals surface area contributed by atoms with Gasteiger partial charge in [0.1, 0.15) is 11.3 Å². The Morgan fingerprint density at radius 1 is 1.17 bits per heavy atom. The van der Waals surface area contributed by atoms with Crippen LogP contribution >= 0.6 is 11.8 Å². The molecule has 4 aromatic rings. The zero-order valence-electron chi connectivity index (χ0n) is 16.4. The lowest BCUT2D eigenvalue weighted by Crippen LogP contribution is -2.25. The summed E-state index contributed by atoms with van der Waals surface area (Å²) >= 11 is 1.31. The number of aromatic nitrogens is 4. The maximum Gasteiger partial charge on any atom is 0.238 e. The predicted octanol–water partition coefficient (Wildman–Crippen LogP) is 4.03. The number of carbonyl (C=O) groups is 1. The van der Waals surface area contributed by atoms with Crippen LogP contribution in [0.25, 0.3) is 22.1 Å². The smallest absolute Gasteiger partial charge is 0.238 e. The molecule has 7 nitrogen and oxygen atoms in total. The minimum Gasteiger partial charge on any atom is -0.495 e. The number of methoxy groups -OCH3 is 1. The molecular formula is C21H21N5O2S. The normalized spacial score (nSPS) is 12.2. The van der Waals surface area contributed by atoms with E-state index in [0.717, 1.165) is 22.1 Å². The number of nitrogens with zero attached hydrogens (tertiary/aromatic N) is 4. The number of benzene rings is 2. The van der Waals surface area contributed by atoms with Gasteiger partial charge in [0, 0.05) is 12.4 Å². The molecule has 0 saturated carbocycles. The van der Waals surface area contributed by atoms with E-state index in [0.29, 0.717) is 23.0 Å². The zero-order chi connectivity index (χ0) is 20.4. The molecule has 4 rings (SSSR count). The number of carbonyl (C=O) groups excluding carboxylic acids is 1. The van der Waals surface area contributed by atoms with E-state index < -0.39 is 0 Å². The van der Waals surface area contributed by atoms with Gasteiger partial charge in [-0.1, -0.05) is 49.0 Å². The average molecular weight is 407 g/mol. The van der Waals surface area contributed by atoms with Crippen LogP contribution in [0.15, 0.2) is 53.7 Å². The molecular weight excluding hydrogens is 386 g/mol. The molecule has 0 spiro atoms. The molecule has 0 radical (unpaired) electrons. The topological polar surface area (TPSA) is 81.9 Å². The lowest BCUT2D eigenvalue weighted by molar-refractivity contribution is -0.115. The van der Waals surface area contributed by atoms with Gasteiger partial charge in [0.2, 0.25) is 11.1 Å². The third-order valence-electron chi connectivity index (χ3n) is 4.76. The first kappa shape index (κ1) is 19.2. The molecule has 0 aliphatic carbocycles. The van der Waals surface area contributed by atoms with E-state index in [1.807, 2.05) is 67.1 Å². The summed E-state index contributed by atoms with van der Waals surface area (Å²) in [5.41, 5.74) is 3.21. The van der Waals surface area contributed by atoms with Crippen molar-refractivity contribution < 1.29 is 9.53 Å². The van der Waals surface area contributed by atoms with E-state index in [-0.39, 0.29) is 11.2 Å². The number of para-hydroxylation sites is 3. The number of rotatable bonds is 6. The first-order valence-electron chi connectivity index (χ1n) is 9.30. The van der Waals surface area contributed by atoms with Gasteiger partial charge >= 0.3 is 0 Å². The Balaban J connectivity index is 1.59. The minimum absolute atomic E-state index is 0.122. The molecule has 8 heteroatoms. The van der Waals surface area contributed by atoms with E-state index in [1.165, 1.54) is 11.8 Å². The van der Waals surface area contributed by atoms with Crippen molar-refractivity contribution in [1.29, 1.82) is 0 Å². The number of aryl methyl sites for hydroxylation is 1. The third-order valence-corrected chi connectivity index (χ3v) is 5.98. The molecule has 0 fully saturated rings. The first-order valence-corrected chi connectivity index (χ1v) is 10.2. The second-order valence-corrected chi connectivity index (χ2v) is 7.72. The Labute approximate surface area is 172 Å². The fourth-order valence-electron chi connectivity index (χ4n) is 3.25. The summed E-state index contributed by atoms with van der Waals surface area (Å²) in [7, 11) is 3.54. The van der Waals surface area contributed by atoms with E-state index >= 15 is 0 Å². The molecule has 0 bridgehead atoms. The van der Waals surface area contributed by atoms with E-state index in [9.17, 15) is 4.79 Å². The lowest BCUT2D eigenvalue weighted by atomic mass is 10.2. The molecule has 29 heavy (non-hydrogen) atoms. The van der Waals surface area contributed by atoms with Crippen molar-refractivity contribution in [3.63, 3.8) is 0 Å². The average Bonchev–Trinajstić information content (AvgIpc) is 3.04. The number of anilines is 1. The number of hydrogen-bond acceptors (Lipinski definition) is 6. The molecule has 148 valence electrons. The fraction of sp³-hybridized carbons (Fsp3) is 0.238. The summed E-state index contributed by atoms with van der Waals surface area (Å²) < 4.78 is 7.31. The van der Waals surface area contributed by atoms with Gasteiger partial charge in [-0.15, -0.1) is 10.2 Å². The van der Waals surface area contributed by atoms with Crippen LogP contribution in [0.3, 0.4) is 0 Å². The van der Waals surface area contributed by atoms with Crippen LogP contribution in [0.2, 0.25) is 0 Å². The largest absolute Gasteiger partial charge is 0.495 e. The van der Waals surface area contributed by atoms with Gasteiger partial charge in [0.15, 0.2) is 5.65 Å². The Hall–Kier alpha value is -3.13. The monoisotopic (exact) mass is 407 g/mol. The van der Waals surface area contributed by atoms with E-state index in [4.69, 9.17) is 4.74 Å². The maximum absolute atomic E-state index is 12.8. The predicted molar refractivity (Wildman–Crippen MR) is 115 cm³/mol. The Bertz CT molecular complexity index is 1190. The lowest BCUT2D eigenvalue weighted by Gasteiger charge is -2.15. The molecule has 1 N–H and O–H groups in total. The third kappa shape index (κ3) is 3.63. The number of nitrogens with one attached hydrogen (secondary N) is 1. The SMILES string of the molecule is CCC(Sc1nnc2c3ccccc3n(C)c2n1)C(=O)Nc1ccccc1OC. The van der Waals surface area contributed by atoms with Gasteiger partial charge in [0.05, 0.1) is 23.6 Å². The molecule has 0 aliphatic heterocycles. The second kappa shape index (κ2) is 8.08. The molecule has 1 atom stereocenters. The van der Waals surface area contributed by atoms with Crippen LogP contribution in [0.1, 0.15) is 13.3 Å².